The SMILES string of the molecule is Cc1cc([C@@H](C)Nc2ccc(Cl)nc2C(N)=O)c2oc(-c3ccc4nn(C)cc4c3)cc(=O)c2c1. The Morgan fingerprint density at radius 3 is 2.74 bits per heavy atom. The molecule has 9 heteroatoms. The minimum atomic E-state index is -0.698. The standard InChI is InChI=1S/C26H22ClN5O3/c1-13-8-17(14(2)29-20-6-7-23(27)30-24(20)26(28)34)25-18(9-13)21(33)11-22(35-25)15-4-5-19-16(10-15)12-32(3)31-19/h4-12,14,29H,1-3H3,(H2,28,34)/t14-/m1/s1. The topological polar surface area (TPSA) is 116 Å². The van der Waals surface area contributed by atoms with Gasteiger partial charge in [0, 0.05) is 35.8 Å². The molecule has 0 bridgehead atoms. The van der Waals surface area contributed by atoms with Crippen molar-refractivity contribution in [3.63, 3.8) is 0 Å². The Kier molecular flexibility index (Phi) is 5.53. The molecule has 5 rings (SSSR count). The quantitative estimate of drug-likeness (QED) is 0.338. The highest BCUT2D eigenvalue weighted by Gasteiger charge is 2.19. The number of primary amides is 1. The van der Waals surface area contributed by atoms with Gasteiger partial charge in [0.2, 0.25) is 0 Å². The van der Waals surface area contributed by atoms with Crippen LogP contribution in [0.25, 0.3) is 33.2 Å². The highest BCUT2D eigenvalue weighted by Crippen LogP contribution is 2.32. The maximum absolute atomic E-state index is 13.1. The van der Waals surface area contributed by atoms with Crippen LogP contribution >= 0.6 is 11.6 Å². The first kappa shape index (κ1) is 22.6. The van der Waals surface area contributed by atoms with Gasteiger partial charge in [-0.05, 0) is 55.8 Å². The lowest BCUT2D eigenvalue weighted by Crippen LogP contribution is -2.18. The van der Waals surface area contributed by atoms with Crippen molar-refractivity contribution in [1.29, 1.82) is 0 Å². The van der Waals surface area contributed by atoms with E-state index >= 15 is 0 Å². The van der Waals surface area contributed by atoms with Gasteiger partial charge in [-0.15, -0.1) is 0 Å². The lowest BCUT2D eigenvalue weighted by atomic mass is 10.0. The van der Waals surface area contributed by atoms with Crippen molar-refractivity contribution >= 4 is 45.1 Å². The molecule has 0 fully saturated rings. The van der Waals surface area contributed by atoms with Crippen LogP contribution in [0, 0.1) is 6.92 Å². The molecule has 8 nitrogen and oxygen atoms in total. The lowest BCUT2D eigenvalue weighted by Gasteiger charge is -2.19. The summed E-state index contributed by atoms with van der Waals surface area (Å²) >= 11 is 5.94. The summed E-state index contributed by atoms with van der Waals surface area (Å²) in [6.07, 6.45) is 1.91. The number of hydrogen-bond acceptors (Lipinski definition) is 6. The minimum Gasteiger partial charge on any atom is -0.455 e. The molecule has 0 saturated heterocycles. The number of rotatable bonds is 5. The molecule has 0 saturated carbocycles. The zero-order chi connectivity index (χ0) is 24.9. The largest absolute Gasteiger partial charge is 0.455 e. The molecule has 176 valence electrons. The van der Waals surface area contributed by atoms with Crippen molar-refractivity contribution in [3.05, 3.63) is 86.9 Å². The van der Waals surface area contributed by atoms with Crippen molar-refractivity contribution < 1.29 is 9.21 Å². The Morgan fingerprint density at radius 2 is 1.97 bits per heavy atom. The number of hydrogen-bond donors (Lipinski definition) is 2. The zero-order valence-corrected chi connectivity index (χ0v) is 20.1. The van der Waals surface area contributed by atoms with Crippen LogP contribution < -0.4 is 16.5 Å². The molecule has 0 radical (unpaired) electrons. The van der Waals surface area contributed by atoms with Crippen molar-refractivity contribution in [2.45, 2.75) is 19.9 Å². The van der Waals surface area contributed by atoms with Crippen LogP contribution in [0.5, 0.6) is 0 Å². The number of carbonyl (C=O) groups excluding carboxylic acids is 1. The molecule has 3 heterocycles. The number of benzene rings is 2. The maximum Gasteiger partial charge on any atom is 0.269 e. The third-order valence-corrected chi connectivity index (χ3v) is 6.05. The Balaban J connectivity index is 1.63. The normalized spacial score (nSPS) is 12.2. The van der Waals surface area contributed by atoms with Crippen molar-refractivity contribution in [3.8, 4) is 11.3 Å². The summed E-state index contributed by atoms with van der Waals surface area (Å²) in [6, 6.07) is 13.9. The lowest BCUT2D eigenvalue weighted by molar-refractivity contribution is 0.0996. The predicted octanol–water partition coefficient (Wildman–Crippen LogP) is 4.98. The monoisotopic (exact) mass is 487 g/mol. The van der Waals surface area contributed by atoms with Crippen LogP contribution in [0.4, 0.5) is 5.69 Å². The molecule has 0 spiro atoms. The summed E-state index contributed by atoms with van der Waals surface area (Å²) < 4.78 is 8.07. The van der Waals surface area contributed by atoms with Gasteiger partial charge in [-0.2, -0.15) is 5.10 Å². The number of anilines is 1. The van der Waals surface area contributed by atoms with Gasteiger partial charge in [0.25, 0.3) is 5.91 Å². The molecule has 0 aliphatic rings. The fraction of sp³-hybridized carbons (Fsp3) is 0.154. The second kappa shape index (κ2) is 8.56. The molecule has 1 atom stereocenters. The van der Waals surface area contributed by atoms with Gasteiger partial charge >= 0.3 is 0 Å². The summed E-state index contributed by atoms with van der Waals surface area (Å²) in [6.45, 7) is 3.82. The van der Waals surface area contributed by atoms with E-state index in [9.17, 15) is 9.59 Å². The number of amides is 1. The molecular formula is C26H22ClN5O3. The van der Waals surface area contributed by atoms with E-state index in [-0.39, 0.29) is 22.3 Å². The summed E-state index contributed by atoms with van der Waals surface area (Å²) in [5.74, 6) is -0.243. The Bertz CT molecular complexity index is 1690. The number of fused-ring (bicyclic) bond motifs is 2. The van der Waals surface area contributed by atoms with Crippen LogP contribution in [-0.2, 0) is 7.05 Å². The van der Waals surface area contributed by atoms with Crippen LogP contribution in [0.2, 0.25) is 5.15 Å². The van der Waals surface area contributed by atoms with Gasteiger partial charge in [-0.25, -0.2) is 4.98 Å². The van der Waals surface area contributed by atoms with Gasteiger partial charge in [0.15, 0.2) is 11.1 Å². The van der Waals surface area contributed by atoms with E-state index in [4.69, 9.17) is 21.8 Å². The van der Waals surface area contributed by atoms with E-state index in [1.165, 1.54) is 6.07 Å². The number of nitrogens with zero attached hydrogens (tertiary/aromatic N) is 3. The average molecular weight is 488 g/mol. The number of nitrogens with one attached hydrogen (secondary N) is 1. The van der Waals surface area contributed by atoms with E-state index in [0.717, 1.165) is 27.6 Å². The first-order valence-electron chi connectivity index (χ1n) is 10.9. The van der Waals surface area contributed by atoms with Gasteiger partial charge in [-0.3, -0.25) is 14.3 Å². The van der Waals surface area contributed by atoms with Crippen molar-refractivity contribution in [2.24, 2.45) is 12.8 Å². The average Bonchev–Trinajstić information content (AvgIpc) is 3.19. The predicted molar refractivity (Wildman–Crippen MR) is 137 cm³/mol. The van der Waals surface area contributed by atoms with Gasteiger partial charge in [-0.1, -0.05) is 17.7 Å². The molecule has 5 aromatic rings. The molecule has 1 amide bonds. The Hall–Kier alpha value is -4.17. The van der Waals surface area contributed by atoms with Crippen molar-refractivity contribution in [2.75, 3.05) is 5.32 Å². The summed E-state index contributed by atoms with van der Waals surface area (Å²) in [5, 5.41) is 9.25. The highest BCUT2D eigenvalue weighted by atomic mass is 35.5. The fourth-order valence-corrected chi connectivity index (χ4v) is 4.40. The number of aromatic nitrogens is 3. The van der Waals surface area contributed by atoms with Crippen molar-refractivity contribution in [1.82, 2.24) is 14.8 Å². The first-order valence-corrected chi connectivity index (χ1v) is 11.3. The molecule has 35 heavy (non-hydrogen) atoms. The van der Waals surface area contributed by atoms with Gasteiger partial charge in [0.05, 0.1) is 22.6 Å². The molecular weight excluding hydrogens is 466 g/mol. The van der Waals surface area contributed by atoms with E-state index < -0.39 is 5.91 Å². The molecule has 2 aromatic carbocycles. The molecule has 3 aromatic heterocycles. The van der Waals surface area contributed by atoms with Gasteiger partial charge < -0.3 is 15.5 Å². The summed E-state index contributed by atoms with van der Waals surface area (Å²) in [7, 11) is 1.86. The van der Waals surface area contributed by atoms with E-state index in [0.29, 0.717) is 22.4 Å². The second-order valence-electron chi connectivity index (χ2n) is 8.54. The van der Waals surface area contributed by atoms with E-state index in [1.807, 2.05) is 57.4 Å². The van der Waals surface area contributed by atoms with Crippen LogP contribution in [0.3, 0.4) is 0 Å². The van der Waals surface area contributed by atoms with Crippen LogP contribution in [0.1, 0.15) is 34.6 Å². The summed E-state index contributed by atoms with van der Waals surface area (Å²) in [4.78, 5) is 29.1. The van der Waals surface area contributed by atoms with E-state index in [1.54, 1.807) is 16.8 Å². The number of aryl methyl sites for hydroxylation is 2. The van der Waals surface area contributed by atoms with E-state index in [2.05, 4.69) is 15.4 Å². The molecule has 0 aliphatic heterocycles. The number of halogens is 1. The Labute approximate surface area is 205 Å². The van der Waals surface area contributed by atoms with Gasteiger partial charge in [0.1, 0.15) is 16.5 Å². The number of carbonyl (C=O) groups is 1. The third kappa shape index (κ3) is 4.24. The first-order chi connectivity index (χ1) is 16.7. The second-order valence-corrected chi connectivity index (χ2v) is 8.93. The van der Waals surface area contributed by atoms with Crippen LogP contribution in [0.15, 0.2) is 63.9 Å². The minimum absolute atomic E-state index is 0.0354. The third-order valence-electron chi connectivity index (χ3n) is 5.84. The number of pyridine rings is 1. The van der Waals surface area contributed by atoms with Crippen LogP contribution in [-0.4, -0.2) is 20.7 Å². The molecule has 0 aliphatic carbocycles. The molecule has 3 N–H and O–H groups in total. The molecule has 0 unspecified atom stereocenters. The maximum atomic E-state index is 13.1. The highest BCUT2D eigenvalue weighted by molar-refractivity contribution is 6.29. The fourth-order valence-electron chi connectivity index (χ4n) is 4.25. The smallest absolute Gasteiger partial charge is 0.269 e. The number of nitrogens with two attached hydrogens (primary N) is 1. The summed E-state index contributed by atoms with van der Waals surface area (Å²) in [5.41, 5.74) is 9.57. The zero-order valence-electron chi connectivity index (χ0n) is 19.3. The Morgan fingerprint density at radius 1 is 1.17 bits per heavy atom.